The molecule has 6 nitrogen and oxygen atoms in total. The first-order valence-electron chi connectivity index (χ1n) is 10.3. The van der Waals surface area contributed by atoms with E-state index in [9.17, 15) is 31.2 Å². The van der Waals surface area contributed by atoms with E-state index >= 15 is 0 Å². The van der Waals surface area contributed by atoms with E-state index in [4.69, 9.17) is 0 Å². The molecule has 0 spiro atoms. The summed E-state index contributed by atoms with van der Waals surface area (Å²) < 4.78 is 80.6. The summed E-state index contributed by atoms with van der Waals surface area (Å²) in [5, 5.41) is 10.4. The summed E-state index contributed by atoms with van der Waals surface area (Å²) in [6.07, 6.45) is -0.143. The molecule has 0 amide bonds. The summed E-state index contributed by atoms with van der Waals surface area (Å²) in [4.78, 5) is 3.74. The maximum atomic E-state index is 14.1. The SMILES string of the molecule is CC(NS(=O)(=O)c1ccc(-c2c(C#N)c3ccc(F)cc3n2C2CCCC2)nc1)C(F)(F)F. The molecule has 1 unspecified atom stereocenters. The number of sulfonamides is 1. The van der Waals surface area contributed by atoms with Gasteiger partial charge in [-0.05, 0) is 50.1 Å². The van der Waals surface area contributed by atoms with Crippen LogP contribution in [0.5, 0.6) is 0 Å². The predicted octanol–water partition coefficient (Wildman–Crippen LogP) is 5.06. The maximum Gasteiger partial charge on any atom is 0.404 e. The lowest BCUT2D eigenvalue weighted by Gasteiger charge is -2.19. The fraction of sp³-hybridized carbons (Fsp3) is 0.364. The van der Waals surface area contributed by atoms with Gasteiger partial charge in [-0.25, -0.2) is 12.8 Å². The van der Waals surface area contributed by atoms with Gasteiger partial charge >= 0.3 is 6.18 Å². The molecule has 11 heteroatoms. The van der Waals surface area contributed by atoms with Crippen molar-refractivity contribution < 1.29 is 26.0 Å². The van der Waals surface area contributed by atoms with Gasteiger partial charge in [-0.2, -0.15) is 23.2 Å². The van der Waals surface area contributed by atoms with E-state index in [-0.39, 0.29) is 17.3 Å². The first-order chi connectivity index (χ1) is 15.5. The third-order valence-corrected chi connectivity index (χ3v) is 7.41. The van der Waals surface area contributed by atoms with Gasteiger partial charge in [0.2, 0.25) is 10.0 Å². The first kappa shape index (κ1) is 23.2. The number of rotatable bonds is 5. The fourth-order valence-electron chi connectivity index (χ4n) is 4.24. The second kappa shape index (κ2) is 8.43. The molecule has 1 aliphatic carbocycles. The molecule has 0 aliphatic heterocycles. The van der Waals surface area contributed by atoms with Crippen molar-refractivity contribution in [2.45, 2.75) is 55.8 Å². The Morgan fingerprint density at radius 1 is 1.21 bits per heavy atom. The largest absolute Gasteiger partial charge is 0.404 e. The van der Waals surface area contributed by atoms with Gasteiger partial charge in [0.1, 0.15) is 22.8 Å². The highest BCUT2D eigenvalue weighted by molar-refractivity contribution is 7.89. The number of pyridine rings is 1. The molecule has 33 heavy (non-hydrogen) atoms. The summed E-state index contributed by atoms with van der Waals surface area (Å²) in [6.45, 7) is 0.706. The van der Waals surface area contributed by atoms with Crippen LogP contribution in [0.3, 0.4) is 0 Å². The van der Waals surface area contributed by atoms with Crippen LogP contribution in [0.25, 0.3) is 22.3 Å². The van der Waals surface area contributed by atoms with Crippen molar-refractivity contribution >= 4 is 20.9 Å². The van der Waals surface area contributed by atoms with Crippen LogP contribution in [0.15, 0.2) is 41.4 Å². The van der Waals surface area contributed by atoms with E-state index in [1.165, 1.54) is 24.3 Å². The number of hydrogen-bond donors (Lipinski definition) is 1. The molecule has 174 valence electrons. The molecule has 0 radical (unpaired) electrons. The number of alkyl halides is 3. The van der Waals surface area contributed by atoms with Gasteiger partial charge in [0.15, 0.2) is 0 Å². The fourth-order valence-corrected chi connectivity index (χ4v) is 5.41. The lowest BCUT2D eigenvalue weighted by atomic mass is 10.1. The number of fused-ring (bicyclic) bond motifs is 1. The van der Waals surface area contributed by atoms with Crippen molar-refractivity contribution in [1.82, 2.24) is 14.3 Å². The van der Waals surface area contributed by atoms with Crippen LogP contribution < -0.4 is 4.72 Å². The molecule has 1 saturated carbocycles. The van der Waals surface area contributed by atoms with Crippen LogP contribution in [0, 0.1) is 17.1 Å². The van der Waals surface area contributed by atoms with Crippen LogP contribution in [0.4, 0.5) is 17.6 Å². The Labute approximate surface area is 187 Å². The van der Waals surface area contributed by atoms with Crippen molar-refractivity contribution in [2.24, 2.45) is 0 Å². The van der Waals surface area contributed by atoms with E-state index in [2.05, 4.69) is 11.1 Å². The quantitative estimate of drug-likeness (QED) is 0.517. The van der Waals surface area contributed by atoms with Crippen LogP contribution in [-0.4, -0.2) is 30.2 Å². The Bertz CT molecular complexity index is 1340. The van der Waals surface area contributed by atoms with E-state index in [1.54, 1.807) is 4.72 Å². The molecule has 4 rings (SSSR count). The monoisotopic (exact) mass is 480 g/mol. The number of benzene rings is 1. The van der Waals surface area contributed by atoms with Crippen LogP contribution in [0.1, 0.15) is 44.2 Å². The lowest BCUT2D eigenvalue weighted by Crippen LogP contribution is -2.42. The van der Waals surface area contributed by atoms with Gasteiger partial charge < -0.3 is 4.57 Å². The molecule has 1 N–H and O–H groups in total. The Hall–Kier alpha value is -2.97. The van der Waals surface area contributed by atoms with Gasteiger partial charge in [0.25, 0.3) is 0 Å². The predicted molar refractivity (Wildman–Crippen MR) is 113 cm³/mol. The first-order valence-corrected chi connectivity index (χ1v) is 11.8. The molecule has 2 heterocycles. The number of halogens is 4. The zero-order valence-corrected chi connectivity index (χ0v) is 18.3. The lowest BCUT2D eigenvalue weighted by molar-refractivity contribution is -0.147. The Morgan fingerprint density at radius 3 is 2.48 bits per heavy atom. The van der Waals surface area contributed by atoms with Crippen molar-refractivity contribution in [3.63, 3.8) is 0 Å². The van der Waals surface area contributed by atoms with Gasteiger partial charge in [-0.3, -0.25) is 4.98 Å². The zero-order chi connectivity index (χ0) is 24.0. The highest BCUT2D eigenvalue weighted by Crippen LogP contribution is 2.41. The molecule has 1 fully saturated rings. The Kier molecular flexibility index (Phi) is 5.92. The number of aromatic nitrogens is 2. The molecular formula is C22H20F4N4O2S. The molecular weight excluding hydrogens is 460 g/mol. The van der Waals surface area contributed by atoms with Crippen molar-refractivity contribution in [3.8, 4) is 17.5 Å². The summed E-state index contributed by atoms with van der Waals surface area (Å²) in [5.41, 5.74) is 1.54. The molecule has 3 aromatic rings. The third kappa shape index (κ3) is 4.32. The number of nitrogens with zero attached hydrogens (tertiary/aromatic N) is 3. The van der Waals surface area contributed by atoms with Crippen LogP contribution >= 0.6 is 0 Å². The second-order valence-electron chi connectivity index (χ2n) is 8.07. The Balaban J connectivity index is 1.81. The minimum atomic E-state index is -4.74. The van der Waals surface area contributed by atoms with Gasteiger partial charge in [-0.1, -0.05) is 12.8 Å². The minimum Gasteiger partial charge on any atom is -0.335 e. The van der Waals surface area contributed by atoms with E-state index < -0.39 is 33.0 Å². The average molecular weight is 480 g/mol. The van der Waals surface area contributed by atoms with Gasteiger partial charge in [-0.15, -0.1) is 0 Å². The van der Waals surface area contributed by atoms with Crippen LogP contribution in [0.2, 0.25) is 0 Å². The standard InChI is InChI=1S/C22H20F4N4O2S/c1-13(22(24,25)26)29-33(31,32)16-7-9-19(28-12-16)21-18(11-27)17-8-6-14(23)10-20(17)30(21)15-4-2-3-5-15/h6-10,12-13,15,29H,2-5H2,1H3. The molecule has 1 aliphatic rings. The van der Waals surface area contributed by atoms with Crippen LogP contribution in [-0.2, 0) is 10.0 Å². The van der Waals surface area contributed by atoms with Crippen molar-refractivity contribution in [1.29, 1.82) is 5.26 Å². The number of nitrogens with one attached hydrogen (secondary N) is 1. The molecule has 0 bridgehead atoms. The minimum absolute atomic E-state index is 0.0194. The normalized spacial score (nSPS) is 16.2. The maximum absolute atomic E-state index is 14.1. The highest BCUT2D eigenvalue weighted by atomic mass is 32.2. The number of nitriles is 1. The second-order valence-corrected chi connectivity index (χ2v) is 9.78. The smallest absolute Gasteiger partial charge is 0.335 e. The highest BCUT2D eigenvalue weighted by Gasteiger charge is 2.39. The molecule has 0 saturated heterocycles. The zero-order valence-electron chi connectivity index (χ0n) is 17.5. The molecule has 2 aromatic heterocycles. The Morgan fingerprint density at radius 2 is 1.91 bits per heavy atom. The number of hydrogen-bond acceptors (Lipinski definition) is 4. The van der Waals surface area contributed by atoms with E-state index in [0.717, 1.165) is 37.9 Å². The summed E-state index contributed by atoms with van der Waals surface area (Å²) in [7, 11) is -4.47. The van der Waals surface area contributed by atoms with Gasteiger partial charge in [0.05, 0.1) is 22.5 Å². The summed E-state index contributed by atoms with van der Waals surface area (Å²) >= 11 is 0. The molecule has 1 aromatic carbocycles. The van der Waals surface area contributed by atoms with Crippen molar-refractivity contribution in [2.75, 3.05) is 0 Å². The summed E-state index contributed by atoms with van der Waals surface area (Å²) in [5.74, 6) is -0.449. The summed E-state index contributed by atoms with van der Waals surface area (Å²) in [6, 6.07) is 6.55. The molecule has 1 atom stereocenters. The van der Waals surface area contributed by atoms with E-state index in [0.29, 0.717) is 23.5 Å². The topological polar surface area (TPSA) is 87.8 Å². The van der Waals surface area contributed by atoms with Crippen molar-refractivity contribution in [3.05, 3.63) is 47.9 Å². The average Bonchev–Trinajstić information content (AvgIpc) is 3.38. The van der Waals surface area contributed by atoms with Gasteiger partial charge in [0, 0.05) is 17.6 Å². The third-order valence-electron chi connectivity index (χ3n) is 5.88. The van der Waals surface area contributed by atoms with E-state index in [1.807, 2.05) is 4.57 Å².